The Morgan fingerprint density at radius 3 is 2.58 bits per heavy atom. The van der Waals surface area contributed by atoms with Gasteiger partial charge in [0.05, 0.1) is 0 Å². The van der Waals surface area contributed by atoms with Crippen molar-refractivity contribution in [2.24, 2.45) is 11.8 Å². The van der Waals surface area contributed by atoms with E-state index in [0.29, 0.717) is 9.84 Å². The van der Waals surface area contributed by atoms with Gasteiger partial charge in [-0.15, -0.1) is 0 Å². The molecule has 1 aliphatic rings. The zero-order valence-electron chi connectivity index (χ0n) is 7.73. The third kappa shape index (κ3) is 2.34. The molecule has 0 aromatic rings. The fourth-order valence-corrected chi connectivity index (χ4v) is 3.86. The monoisotopic (exact) mass is 280 g/mol. The van der Waals surface area contributed by atoms with E-state index in [9.17, 15) is 0 Å². The van der Waals surface area contributed by atoms with Crippen LogP contribution in [-0.4, -0.2) is 9.64 Å². The van der Waals surface area contributed by atoms with Gasteiger partial charge in [0.25, 0.3) is 0 Å². The first-order valence-electron chi connectivity index (χ1n) is 4.49. The zero-order chi connectivity index (χ0) is 9.14. The fourth-order valence-electron chi connectivity index (χ4n) is 1.92. The summed E-state index contributed by atoms with van der Waals surface area (Å²) in [6.45, 7) is 4.18. The van der Waals surface area contributed by atoms with Gasteiger partial charge < -0.3 is 5.41 Å². The summed E-state index contributed by atoms with van der Waals surface area (Å²) < 4.78 is 8.08. The van der Waals surface area contributed by atoms with Crippen LogP contribution in [0, 0.1) is 20.8 Å². The van der Waals surface area contributed by atoms with E-state index in [4.69, 9.17) is 8.97 Å². The van der Waals surface area contributed by atoms with Gasteiger partial charge in [0.2, 0.25) is 0 Å². The number of halogens is 1. The van der Waals surface area contributed by atoms with Gasteiger partial charge in [-0.2, -0.15) is 0 Å². The van der Waals surface area contributed by atoms with Crippen LogP contribution in [0.15, 0.2) is 0 Å². The van der Waals surface area contributed by atoms with Crippen LogP contribution in [0.25, 0.3) is 0 Å². The summed E-state index contributed by atoms with van der Waals surface area (Å²) in [4.78, 5) is 0. The predicted molar refractivity (Wildman–Crippen MR) is 60.4 cm³/mol. The van der Waals surface area contributed by atoms with Crippen molar-refractivity contribution in [3.05, 3.63) is 0 Å². The summed E-state index contributed by atoms with van der Waals surface area (Å²) in [5.74, 6) is 1.24. The number of hydrogen-bond donors (Lipinski definition) is 2. The molecule has 1 aliphatic carbocycles. The summed E-state index contributed by atoms with van der Waals surface area (Å²) in [6.07, 6.45) is 3.66. The summed E-state index contributed by atoms with van der Waals surface area (Å²) in [6, 6.07) is 0. The van der Waals surface area contributed by atoms with Crippen LogP contribution in [0.4, 0.5) is 0 Å². The Labute approximate surface area is 84.6 Å². The van der Waals surface area contributed by atoms with Crippen LogP contribution in [0.1, 0.15) is 33.1 Å². The second kappa shape index (κ2) is 4.44. The smallest absolute Gasteiger partial charge is 0.0304 e. The van der Waals surface area contributed by atoms with E-state index in [2.05, 4.69) is 6.92 Å². The van der Waals surface area contributed by atoms with E-state index in [1.54, 1.807) is 0 Å². The van der Waals surface area contributed by atoms with E-state index in [0.717, 1.165) is 11.6 Å². The highest BCUT2D eigenvalue weighted by molar-refractivity contribution is 14.1. The van der Waals surface area contributed by atoms with Gasteiger partial charge in [-0.1, -0.05) is 6.92 Å². The lowest BCUT2D eigenvalue weighted by Crippen LogP contribution is -2.29. The molecule has 2 unspecified atom stereocenters. The third-order valence-electron chi connectivity index (χ3n) is 2.72. The molecular formula is C9H17IN2. The first-order valence-corrected chi connectivity index (χ1v) is 6.81. The standard InChI is InChI=1S/C9H17IN2/c1-6-3-4-9(10-12)8(5-6)7(2)11/h6,8-9,11-12H,3-5H2,1-2H3/t6?,8?,9-/m1/s1. The number of hydrogen-bond acceptors (Lipinski definition) is 2. The molecule has 0 aliphatic heterocycles. The Balaban J connectivity index is 2.63. The van der Waals surface area contributed by atoms with Gasteiger partial charge in [0, 0.05) is 15.6 Å². The average Bonchev–Trinajstić information content (AvgIpc) is 2.04. The Hall–Kier alpha value is 0.200. The zero-order valence-corrected chi connectivity index (χ0v) is 9.89. The Kier molecular flexibility index (Phi) is 3.80. The Morgan fingerprint density at radius 1 is 1.42 bits per heavy atom. The molecule has 0 spiro atoms. The minimum atomic E-state index is -0.398. The SMILES string of the molecule is CC(=N)C1CC(C)CC[C@H]1I=N. The minimum Gasteiger partial charge on any atom is -0.310 e. The second-order valence-electron chi connectivity index (χ2n) is 3.83. The molecule has 1 fully saturated rings. The molecule has 1 saturated carbocycles. The molecule has 3 atom stereocenters. The highest BCUT2D eigenvalue weighted by Gasteiger charge is 2.28. The molecule has 2 N–H and O–H groups in total. The summed E-state index contributed by atoms with van der Waals surface area (Å²) >= 11 is -0.398. The van der Waals surface area contributed by atoms with E-state index in [-0.39, 0.29) is 0 Å². The van der Waals surface area contributed by atoms with Crippen molar-refractivity contribution >= 4 is 26.7 Å². The summed E-state index contributed by atoms with van der Waals surface area (Å²) in [5.41, 5.74) is 0.818. The van der Waals surface area contributed by atoms with Crippen LogP contribution in [0.3, 0.4) is 0 Å². The third-order valence-corrected chi connectivity index (χ3v) is 5.02. The van der Waals surface area contributed by atoms with Gasteiger partial charge in [0.1, 0.15) is 0 Å². The van der Waals surface area contributed by atoms with Crippen molar-refractivity contribution in [2.45, 2.75) is 37.0 Å². The molecule has 0 aromatic carbocycles. The van der Waals surface area contributed by atoms with Gasteiger partial charge in [-0.25, -0.2) is 0 Å². The maximum Gasteiger partial charge on any atom is 0.0304 e. The van der Waals surface area contributed by atoms with E-state index in [1.807, 2.05) is 6.92 Å². The Bertz CT molecular complexity index is 191. The van der Waals surface area contributed by atoms with E-state index in [1.165, 1.54) is 19.3 Å². The van der Waals surface area contributed by atoms with Gasteiger partial charge in [-0.3, -0.25) is 3.56 Å². The van der Waals surface area contributed by atoms with Crippen LogP contribution >= 0.6 is 21.0 Å². The molecule has 12 heavy (non-hydrogen) atoms. The molecule has 0 amide bonds. The largest absolute Gasteiger partial charge is 0.310 e. The maximum atomic E-state index is 7.65. The van der Waals surface area contributed by atoms with Crippen molar-refractivity contribution in [3.8, 4) is 0 Å². The van der Waals surface area contributed by atoms with Gasteiger partial charge in [-0.05, 0) is 53.1 Å². The highest BCUT2D eigenvalue weighted by atomic mass is 127. The van der Waals surface area contributed by atoms with E-state index < -0.39 is 21.0 Å². The molecular weight excluding hydrogens is 263 g/mol. The number of rotatable bonds is 2. The van der Waals surface area contributed by atoms with Crippen molar-refractivity contribution in [1.82, 2.24) is 0 Å². The fraction of sp³-hybridized carbons (Fsp3) is 0.889. The van der Waals surface area contributed by atoms with Gasteiger partial charge >= 0.3 is 0 Å². The average molecular weight is 280 g/mol. The maximum absolute atomic E-state index is 7.65. The number of nitrogens with one attached hydrogen (secondary N) is 2. The number of alkyl halides is 1. The molecule has 0 radical (unpaired) electrons. The molecule has 2 nitrogen and oxygen atoms in total. The van der Waals surface area contributed by atoms with Gasteiger partial charge in [0.15, 0.2) is 0 Å². The topological polar surface area (TPSA) is 47.7 Å². The lowest BCUT2D eigenvalue weighted by molar-refractivity contribution is 0.354. The van der Waals surface area contributed by atoms with Crippen molar-refractivity contribution in [3.63, 3.8) is 0 Å². The molecule has 0 saturated heterocycles. The first kappa shape index (κ1) is 10.3. The summed E-state index contributed by atoms with van der Waals surface area (Å²) in [5, 5.41) is 7.65. The van der Waals surface area contributed by atoms with Crippen LogP contribution in [0.2, 0.25) is 0 Å². The quantitative estimate of drug-likeness (QED) is 0.441. The van der Waals surface area contributed by atoms with Crippen LogP contribution < -0.4 is 0 Å². The van der Waals surface area contributed by atoms with Crippen molar-refractivity contribution in [1.29, 1.82) is 8.97 Å². The normalized spacial score (nSPS) is 36.3. The molecule has 1 rings (SSSR count). The van der Waals surface area contributed by atoms with Crippen molar-refractivity contribution in [2.75, 3.05) is 0 Å². The van der Waals surface area contributed by atoms with Crippen molar-refractivity contribution < 1.29 is 0 Å². The molecule has 70 valence electrons. The predicted octanol–water partition coefficient (Wildman–Crippen LogP) is 3.56. The minimum absolute atomic E-state index is 0.398. The molecule has 0 bridgehead atoms. The highest BCUT2D eigenvalue weighted by Crippen LogP contribution is 2.36. The second-order valence-corrected chi connectivity index (χ2v) is 6.06. The summed E-state index contributed by atoms with van der Waals surface area (Å²) in [7, 11) is 0. The molecule has 0 heterocycles. The molecule has 0 aromatic heterocycles. The molecule has 3 heteroatoms. The van der Waals surface area contributed by atoms with E-state index >= 15 is 0 Å². The van der Waals surface area contributed by atoms with Crippen LogP contribution in [-0.2, 0) is 0 Å². The lowest BCUT2D eigenvalue weighted by Gasteiger charge is -2.31. The van der Waals surface area contributed by atoms with Crippen LogP contribution in [0.5, 0.6) is 0 Å². The lowest BCUT2D eigenvalue weighted by atomic mass is 9.80. The Morgan fingerprint density at radius 2 is 2.08 bits per heavy atom. The first-order chi connectivity index (χ1) is 5.65.